The summed E-state index contributed by atoms with van der Waals surface area (Å²) in [5.41, 5.74) is 9.03. The van der Waals surface area contributed by atoms with Crippen LogP contribution in [0.25, 0.3) is 21.5 Å². The van der Waals surface area contributed by atoms with Crippen LogP contribution in [0.2, 0.25) is 0 Å². The lowest BCUT2D eigenvalue weighted by Crippen LogP contribution is -2.52. The average molecular weight is 1050 g/mol. The monoisotopic (exact) mass is 1050 g/mol. The van der Waals surface area contributed by atoms with Crippen molar-refractivity contribution >= 4 is 44.8 Å². The van der Waals surface area contributed by atoms with Gasteiger partial charge in [0, 0.05) is 58.1 Å². The van der Waals surface area contributed by atoms with Crippen molar-refractivity contribution in [2.24, 2.45) is 17.6 Å². The Morgan fingerprint density at radius 3 is 1.55 bits per heavy atom. The van der Waals surface area contributed by atoms with Crippen molar-refractivity contribution in [2.75, 3.05) is 102 Å². The Labute approximate surface area is 444 Å². The van der Waals surface area contributed by atoms with Crippen molar-refractivity contribution in [2.45, 2.75) is 57.4 Å². The van der Waals surface area contributed by atoms with Crippen LogP contribution in [0.5, 0.6) is 23.0 Å². The number of amides is 1. The summed E-state index contributed by atoms with van der Waals surface area (Å²) in [5, 5.41) is 38.5. The molecule has 6 N–H and O–H groups in total. The second kappa shape index (κ2) is 24.5. The van der Waals surface area contributed by atoms with E-state index in [9.17, 15) is 28.6 Å². The molecule has 406 valence electrons. The Hall–Kier alpha value is -6.76. The molecule has 0 aliphatic carbocycles. The van der Waals surface area contributed by atoms with Crippen LogP contribution < -0.4 is 39.8 Å². The molecule has 0 saturated carbocycles. The van der Waals surface area contributed by atoms with Gasteiger partial charge in [-0.25, -0.2) is 8.78 Å². The molecular formula is C59H72F2N6O9. The van der Waals surface area contributed by atoms with Crippen LogP contribution in [-0.2, 0) is 9.59 Å². The lowest BCUT2D eigenvalue weighted by molar-refractivity contribution is -0.141. The van der Waals surface area contributed by atoms with Gasteiger partial charge in [-0.1, -0.05) is 68.1 Å². The van der Waals surface area contributed by atoms with Crippen molar-refractivity contribution in [1.29, 1.82) is 0 Å². The number of ether oxygens (including phenoxy) is 4. The first-order valence-corrected chi connectivity index (χ1v) is 26.2. The molecular weight excluding hydrogens is 975 g/mol. The normalized spacial score (nSPS) is 20.3. The number of rotatable bonds is 13. The summed E-state index contributed by atoms with van der Waals surface area (Å²) >= 11 is 0. The van der Waals surface area contributed by atoms with Crippen molar-refractivity contribution in [3.63, 3.8) is 0 Å². The Morgan fingerprint density at radius 2 is 1.07 bits per heavy atom. The van der Waals surface area contributed by atoms with E-state index in [2.05, 4.69) is 85.6 Å². The van der Waals surface area contributed by atoms with Crippen LogP contribution in [0.15, 0.2) is 109 Å². The van der Waals surface area contributed by atoms with E-state index >= 15 is 0 Å². The third kappa shape index (κ3) is 12.6. The number of nitrogens with zero attached hydrogens (tertiary/aromatic N) is 4. The van der Waals surface area contributed by atoms with Crippen molar-refractivity contribution < 1.29 is 54.1 Å². The highest BCUT2D eigenvalue weighted by atomic mass is 19.1. The van der Waals surface area contributed by atoms with Gasteiger partial charge in [0.05, 0.1) is 24.0 Å². The van der Waals surface area contributed by atoms with E-state index in [-0.39, 0.29) is 50.5 Å². The molecule has 76 heavy (non-hydrogen) atoms. The first-order chi connectivity index (χ1) is 36.4. The molecule has 1 amide bonds. The first kappa shape index (κ1) is 54.0. The lowest BCUT2D eigenvalue weighted by atomic mass is 9.98. The van der Waals surface area contributed by atoms with Crippen LogP contribution in [-0.4, -0.2) is 141 Å². The van der Waals surface area contributed by atoms with Crippen LogP contribution in [0, 0.1) is 23.5 Å². The minimum atomic E-state index is -1.08. The third-order valence-electron chi connectivity index (χ3n) is 15.1. The van der Waals surface area contributed by atoms with E-state index in [1.165, 1.54) is 40.1 Å². The van der Waals surface area contributed by atoms with Crippen molar-refractivity contribution in [3.8, 4) is 23.0 Å². The maximum absolute atomic E-state index is 14.7. The molecule has 6 aromatic carbocycles. The molecule has 17 heteroatoms. The van der Waals surface area contributed by atoms with Gasteiger partial charge < -0.3 is 64.9 Å². The van der Waals surface area contributed by atoms with E-state index in [0.717, 1.165) is 69.9 Å². The number of nitrogens with one attached hydrogen (secondary N) is 1. The molecule has 15 nitrogen and oxygen atoms in total. The molecule has 6 aromatic rings. The molecule has 12 rings (SSSR count). The number of aliphatic hydroxyl groups excluding tert-OH is 2. The summed E-state index contributed by atoms with van der Waals surface area (Å²) in [4.78, 5) is 33.1. The highest BCUT2D eigenvalue weighted by molar-refractivity contribution is 5.87. The number of carbonyl (C=O) groups excluding carboxylic acids is 1. The zero-order chi connectivity index (χ0) is 52.0. The van der Waals surface area contributed by atoms with Gasteiger partial charge in [0.2, 0.25) is 5.91 Å². The largest absolute Gasteiger partial charge is 0.486 e. The van der Waals surface area contributed by atoms with E-state index < -0.39 is 41.9 Å². The summed E-state index contributed by atoms with van der Waals surface area (Å²) in [6.45, 7) is 9.18. The van der Waals surface area contributed by atoms with E-state index in [1.807, 2.05) is 24.3 Å². The number of carboxylic acids is 1. The molecule has 0 spiro atoms. The number of anilines is 2. The van der Waals surface area contributed by atoms with E-state index in [1.54, 1.807) is 12.1 Å². The molecule has 0 unspecified atom stereocenters. The number of benzene rings is 6. The lowest BCUT2D eigenvalue weighted by Gasteiger charge is -2.36. The minimum Gasteiger partial charge on any atom is -0.486 e. The van der Waals surface area contributed by atoms with Crippen molar-refractivity contribution in [1.82, 2.24) is 15.1 Å². The Kier molecular flexibility index (Phi) is 17.4. The SMILES string of the molecule is C.N[C@H](CN1CCC1)[C@H](O)c1cc(F)c2c(c1)OCCO2.O=C(N[C@H](CN1CCC1)[C@H](O)c1cc(F)c2c(c1)OCCO2)[C@@H]1CCN(c2ccc3ccccc3c2)C1.O=C(O)[C@@H]1CCN(c2ccc3ccccc3c2)C1.[2HH]. The number of hydrogen-bond acceptors (Lipinski definition) is 13. The van der Waals surface area contributed by atoms with Crippen LogP contribution in [0.4, 0.5) is 20.2 Å². The van der Waals surface area contributed by atoms with Gasteiger partial charge in [-0.05, 0) is 133 Å². The molecule has 0 aromatic heterocycles. The molecule has 0 radical (unpaired) electrons. The average Bonchev–Trinajstić information content (AvgIpc) is 4.13. The van der Waals surface area contributed by atoms with Crippen LogP contribution >= 0.6 is 0 Å². The third-order valence-corrected chi connectivity index (χ3v) is 15.1. The number of nitrogens with two attached hydrogens (primary N) is 1. The molecule has 6 atom stereocenters. The Balaban J connectivity index is 0.000000166. The maximum atomic E-state index is 14.7. The van der Waals surface area contributed by atoms with Gasteiger partial charge in [0.15, 0.2) is 34.6 Å². The van der Waals surface area contributed by atoms with Gasteiger partial charge in [0.25, 0.3) is 0 Å². The predicted molar refractivity (Wildman–Crippen MR) is 292 cm³/mol. The number of likely N-dealkylation sites (tertiary alicyclic amines) is 2. The van der Waals surface area contributed by atoms with Gasteiger partial charge in [-0.2, -0.15) is 0 Å². The van der Waals surface area contributed by atoms with Crippen LogP contribution in [0.1, 0.15) is 57.9 Å². The van der Waals surface area contributed by atoms with Gasteiger partial charge >= 0.3 is 5.97 Å². The predicted octanol–water partition coefficient (Wildman–Crippen LogP) is 7.80. The van der Waals surface area contributed by atoms with Gasteiger partial charge in [-0.3, -0.25) is 9.59 Å². The molecule has 6 aliphatic rings. The smallest absolute Gasteiger partial charge is 0.308 e. The summed E-state index contributed by atoms with van der Waals surface area (Å²) in [6, 6.07) is 33.9. The summed E-state index contributed by atoms with van der Waals surface area (Å²) in [5.74, 6) is -1.45. The minimum absolute atomic E-state index is 0. The van der Waals surface area contributed by atoms with Gasteiger partial charge in [-0.15, -0.1) is 0 Å². The quantitative estimate of drug-likeness (QED) is 0.0756. The number of aliphatic carboxylic acids is 1. The molecule has 4 saturated heterocycles. The second-order valence-corrected chi connectivity index (χ2v) is 20.3. The molecule has 6 heterocycles. The van der Waals surface area contributed by atoms with Crippen molar-refractivity contribution in [3.05, 3.63) is 132 Å². The fraction of sp³-hybridized carbons (Fsp3) is 0.424. The number of aliphatic hydroxyl groups is 2. The highest BCUT2D eigenvalue weighted by Gasteiger charge is 2.35. The highest BCUT2D eigenvalue weighted by Crippen LogP contribution is 2.38. The summed E-state index contributed by atoms with van der Waals surface area (Å²) in [6.07, 6.45) is 1.75. The fourth-order valence-electron chi connectivity index (χ4n) is 10.6. The number of fused-ring (bicyclic) bond motifs is 4. The number of hydrogen-bond donors (Lipinski definition) is 5. The number of carbonyl (C=O) groups is 2. The molecule has 6 aliphatic heterocycles. The number of carboxylic acid groups (broad SMARTS) is 1. The molecule has 4 fully saturated rings. The summed E-state index contributed by atoms with van der Waals surface area (Å²) < 4.78 is 50.1. The topological polar surface area (TPSA) is 183 Å². The first-order valence-electron chi connectivity index (χ1n) is 26.2. The zero-order valence-corrected chi connectivity index (χ0v) is 42.0. The van der Waals surface area contributed by atoms with Gasteiger partial charge in [0.1, 0.15) is 32.5 Å². The Morgan fingerprint density at radius 1 is 0.605 bits per heavy atom. The number of halogens is 2. The Bertz CT molecular complexity index is 2990. The molecule has 0 bridgehead atoms. The van der Waals surface area contributed by atoms with E-state index in [4.69, 9.17) is 29.8 Å². The zero-order valence-electron chi connectivity index (χ0n) is 42.0. The summed E-state index contributed by atoms with van der Waals surface area (Å²) in [7, 11) is 0. The standard InChI is InChI=1S/C29H32FN3O4.C15H15NO2.C14H19FN2O3.CH4.H2/c30-24-15-22(16-26-28(24)37-13-12-36-26)27(34)25(18-32-9-3-10-32)31-29(35)21-8-11-33(17-21)23-7-6-19-4-1-2-5-20(19)14-23;17-15(18)13-7-8-16(10-13)14-6-5-11-3-1-2-4-12(11)9-14;15-10-6-9(7-12-14(10)20-5-4-19-12)13(18)11(16)8-17-2-1-3-17;;/h1-2,4-7,14-16,21,25,27,34H,3,8-13,17-18H2,(H,31,35);1-6,9,13H,7-8,10H2,(H,17,18);6-7,11,13,18H,1-5,8,16H2;1H4;1H/t21-,25-,27-;13-;11-,13-;;/m111../s1/i;;;;1+1. The fourth-order valence-corrected chi connectivity index (χ4v) is 10.6. The van der Waals surface area contributed by atoms with Crippen LogP contribution in [0.3, 0.4) is 0 Å². The second-order valence-electron chi connectivity index (χ2n) is 20.3. The van der Waals surface area contributed by atoms with E-state index in [0.29, 0.717) is 62.9 Å². The maximum Gasteiger partial charge on any atom is 0.308 e.